The summed E-state index contributed by atoms with van der Waals surface area (Å²) >= 11 is 0. The van der Waals surface area contributed by atoms with E-state index in [2.05, 4.69) is 88.4 Å². The predicted molar refractivity (Wildman–Crippen MR) is 223 cm³/mol. The molecule has 0 radical (unpaired) electrons. The second-order valence-corrected chi connectivity index (χ2v) is 16.5. The highest BCUT2D eigenvalue weighted by molar-refractivity contribution is 5.52. The lowest BCUT2D eigenvalue weighted by Gasteiger charge is -2.28. The number of unbranched alkanes of at least 4 members (excludes halogenated alkanes) is 17. The van der Waals surface area contributed by atoms with Crippen LogP contribution >= 0.6 is 0 Å². The first-order chi connectivity index (χ1) is 25.0. The van der Waals surface area contributed by atoms with Gasteiger partial charge in [0.2, 0.25) is 0 Å². The number of ether oxygens (including phenoxy) is 2. The largest absolute Gasteiger partial charge is 0.448 e. The zero-order chi connectivity index (χ0) is 36.4. The van der Waals surface area contributed by atoms with Crippen LogP contribution in [0.15, 0.2) is 48.6 Å². The predicted octanol–water partition coefficient (Wildman–Crippen LogP) is 14.7. The molecule has 0 amide bonds. The summed E-state index contributed by atoms with van der Waals surface area (Å²) in [5.74, 6) is 2.35. The van der Waals surface area contributed by atoms with Gasteiger partial charge in [-0.1, -0.05) is 147 Å². The molecular formula is C48H81NO2. The summed E-state index contributed by atoms with van der Waals surface area (Å²) in [6.07, 6.45) is 49.7. The summed E-state index contributed by atoms with van der Waals surface area (Å²) in [4.78, 5) is 2.36. The van der Waals surface area contributed by atoms with Crippen LogP contribution in [-0.4, -0.2) is 30.8 Å². The van der Waals surface area contributed by atoms with E-state index in [4.69, 9.17) is 9.47 Å². The maximum absolute atomic E-state index is 6.82. The molecule has 2 aliphatic rings. The highest BCUT2D eigenvalue weighted by Crippen LogP contribution is 2.47. The van der Waals surface area contributed by atoms with Crippen molar-refractivity contribution >= 4 is 0 Å². The Morgan fingerprint density at radius 1 is 0.608 bits per heavy atom. The van der Waals surface area contributed by atoms with E-state index in [0.717, 1.165) is 49.5 Å². The molecule has 1 aliphatic heterocycles. The minimum absolute atomic E-state index is 0.465. The quantitative estimate of drug-likeness (QED) is 0.0567. The Morgan fingerprint density at radius 3 is 1.57 bits per heavy atom. The van der Waals surface area contributed by atoms with Crippen LogP contribution in [0.5, 0.6) is 11.5 Å². The molecule has 0 spiro atoms. The number of hydrogen-bond donors (Lipinski definition) is 0. The number of fused-ring (bicyclic) bond motifs is 2. The fourth-order valence-electron chi connectivity index (χ4n) is 7.93. The molecule has 0 bridgehead atoms. The molecule has 1 heterocycles. The van der Waals surface area contributed by atoms with E-state index in [-0.39, 0.29) is 0 Å². The molecule has 1 aromatic rings. The molecule has 1 aliphatic carbocycles. The van der Waals surface area contributed by atoms with Gasteiger partial charge in [0, 0.05) is 18.9 Å². The Bertz CT molecular complexity index is 1080. The van der Waals surface area contributed by atoms with Crippen molar-refractivity contribution in [3.63, 3.8) is 0 Å². The molecule has 290 valence electrons. The van der Waals surface area contributed by atoms with Crippen molar-refractivity contribution in [3.8, 4) is 11.5 Å². The second-order valence-electron chi connectivity index (χ2n) is 16.5. The van der Waals surface area contributed by atoms with Gasteiger partial charge in [-0.15, -0.1) is 0 Å². The Morgan fingerprint density at radius 2 is 1.06 bits per heavy atom. The first kappa shape index (κ1) is 43.4. The smallest absolute Gasteiger partial charge is 0.251 e. The van der Waals surface area contributed by atoms with Crippen LogP contribution in [0, 0.1) is 5.92 Å². The van der Waals surface area contributed by atoms with Crippen molar-refractivity contribution in [2.24, 2.45) is 5.92 Å². The summed E-state index contributed by atoms with van der Waals surface area (Å²) < 4.78 is 13.6. The van der Waals surface area contributed by atoms with Crippen molar-refractivity contribution in [1.29, 1.82) is 0 Å². The minimum atomic E-state index is -0.465. The van der Waals surface area contributed by atoms with Crippen LogP contribution in [0.3, 0.4) is 0 Å². The molecule has 0 saturated carbocycles. The van der Waals surface area contributed by atoms with Gasteiger partial charge in [-0.3, -0.25) is 0 Å². The van der Waals surface area contributed by atoms with Gasteiger partial charge >= 0.3 is 0 Å². The van der Waals surface area contributed by atoms with Crippen LogP contribution in [-0.2, 0) is 12.8 Å². The lowest BCUT2D eigenvalue weighted by Crippen LogP contribution is -2.38. The van der Waals surface area contributed by atoms with Gasteiger partial charge in [-0.25, -0.2) is 0 Å². The maximum atomic E-state index is 6.82. The Hall–Kier alpha value is -2.00. The Labute approximate surface area is 317 Å². The van der Waals surface area contributed by atoms with Crippen molar-refractivity contribution in [3.05, 3.63) is 59.7 Å². The third kappa shape index (κ3) is 18.1. The van der Waals surface area contributed by atoms with Gasteiger partial charge < -0.3 is 14.4 Å². The summed E-state index contributed by atoms with van der Waals surface area (Å²) in [5.41, 5.74) is 2.91. The molecule has 0 saturated heterocycles. The summed E-state index contributed by atoms with van der Waals surface area (Å²) in [6.45, 7) is 6.98. The fourth-order valence-corrected chi connectivity index (χ4v) is 7.93. The van der Waals surface area contributed by atoms with Crippen LogP contribution in [0.1, 0.15) is 199 Å². The lowest BCUT2D eigenvalue weighted by molar-refractivity contribution is -0.0949. The van der Waals surface area contributed by atoms with Crippen molar-refractivity contribution in [1.82, 2.24) is 4.90 Å². The van der Waals surface area contributed by atoms with E-state index in [1.54, 1.807) is 0 Å². The van der Waals surface area contributed by atoms with E-state index >= 15 is 0 Å². The second kappa shape index (κ2) is 26.7. The topological polar surface area (TPSA) is 21.7 Å². The minimum Gasteiger partial charge on any atom is -0.448 e. The van der Waals surface area contributed by atoms with E-state index in [1.165, 1.54) is 159 Å². The SMILES string of the molecule is CCCCC/C=C\C/C=C\CCCCCCCCC1(CCCCCCCCC(C)C/C=C\CCCCC)Oc2cc3c(cc2O1)CC(N(C)C)C3. The van der Waals surface area contributed by atoms with Crippen LogP contribution in [0.4, 0.5) is 0 Å². The van der Waals surface area contributed by atoms with Gasteiger partial charge in [-0.2, -0.15) is 0 Å². The standard InChI is InChI=1S/C48H81NO2/c1-6-8-10-12-14-15-16-17-18-19-20-21-22-24-28-32-36-48(50-46-40-43-38-45(49(4)5)39-44(43)41-47(46)51-48)37-33-29-25-23-27-31-35-42(3)34-30-26-13-11-9-7-2/h14-15,17-18,26,30,40-42,45H,6-13,16,19-25,27-29,31-39H2,1-5H3/b15-14-,18-17-,30-26-. The molecule has 3 heteroatoms. The molecule has 1 atom stereocenters. The number of nitrogens with zero attached hydrogens (tertiary/aromatic N) is 1. The zero-order valence-corrected chi connectivity index (χ0v) is 34.3. The van der Waals surface area contributed by atoms with Gasteiger partial charge in [0.1, 0.15) is 0 Å². The van der Waals surface area contributed by atoms with Crippen molar-refractivity contribution < 1.29 is 9.47 Å². The Balaban J connectivity index is 1.33. The number of hydrogen-bond acceptors (Lipinski definition) is 3. The highest BCUT2D eigenvalue weighted by atomic mass is 16.7. The van der Waals surface area contributed by atoms with E-state index in [9.17, 15) is 0 Å². The van der Waals surface area contributed by atoms with Crippen LogP contribution in [0.25, 0.3) is 0 Å². The molecule has 0 N–H and O–H groups in total. The van der Waals surface area contributed by atoms with Crippen molar-refractivity contribution in [2.45, 2.75) is 212 Å². The monoisotopic (exact) mass is 704 g/mol. The first-order valence-corrected chi connectivity index (χ1v) is 22.1. The summed E-state index contributed by atoms with van der Waals surface area (Å²) in [5, 5.41) is 0. The van der Waals surface area contributed by atoms with Gasteiger partial charge in [0.15, 0.2) is 11.5 Å². The molecule has 0 fully saturated rings. The highest BCUT2D eigenvalue weighted by Gasteiger charge is 2.41. The third-order valence-corrected chi connectivity index (χ3v) is 11.4. The van der Waals surface area contributed by atoms with Crippen molar-refractivity contribution in [2.75, 3.05) is 14.1 Å². The average Bonchev–Trinajstić information content (AvgIpc) is 3.70. The average molecular weight is 704 g/mol. The van der Waals surface area contributed by atoms with Gasteiger partial charge in [0.25, 0.3) is 5.79 Å². The summed E-state index contributed by atoms with van der Waals surface area (Å²) in [6, 6.07) is 5.22. The van der Waals surface area contributed by atoms with Gasteiger partial charge in [-0.05, 0) is 120 Å². The molecular weight excluding hydrogens is 623 g/mol. The summed E-state index contributed by atoms with van der Waals surface area (Å²) in [7, 11) is 4.40. The molecule has 51 heavy (non-hydrogen) atoms. The Kier molecular flexibility index (Phi) is 22.7. The molecule has 0 aromatic heterocycles. The maximum Gasteiger partial charge on any atom is 0.251 e. The zero-order valence-electron chi connectivity index (χ0n) is 34.3. The normalized spacial score (nSPS) is 16.1. The number of rotatable bonds is 31. The number of allylic oxidation sites excluding steroid dienone is 6. The van der Waals surface area contributed by atoms with Crippen LogP contribution in [0.2, 0.25) is 0 Å². The lowest BCUT2D eigenvalue weighted by atomic mass is 9.97. The van der Waals surface area contributed by atoms with Crippen LogP contribution < -0.4 is 9.47 Å². The number of benzene rings is 1. The van der Waals surface area contributed by atoms with E-state index in [1.807, 2.05) is 0 Å². The molecule has 1 aromatic carbocycles. The first-order valence-electron chi connectivity index (χ1n) is 22.1. The third-order valence-electron chi connectivity index (χ3n) is 11.4. The molecule has 3 rings (SSSR count). The molecule has 3 nitrogen and oxygen atoms in total. The van der Waals surface area contributed by atoms with Gasteiger partial charge in [0.05, 0.1) is 0 Å². The number of likely N-dealkylation sites (N-methyl/N-ethyl adjacent to an activating group) is 1. The van der Waals surface area contributed by atoms with E-state index < -0.39 is 5.79 Å². The molecule has 1 unspecified atom stereocenters. The fraction of sp³-hybridized carbons (Fsp3) is 0.750. The van der Waals surface area contributed by atoms with E-state index in [0.29, 0.717) is 6.04 Å².